The molecule has 0 aliphatic rings. The third kappa shape index (κ3) is 3.19. The van der Waals surface area contributed by atoms with Crippen LogP contribution in [0.1, 0.15) is 42.6 Å². The zero-order chi connectivity index (χ0) is 13.8. The van der Waals surface area contributed by atoms with E-state index in [-0.39, 0.29) is 6.04 Å². The predicted molar refractivity (Wildman–Crippen MR) is 82.1 cm³/mol. The smallest absolute Gasteiger partial charge is 0.0857 e. The Morgan fingerprint density at radius 1 is 1.47 bits per heavy atom. The topological polar surface area (TPSA) is 29.9 Å². The Kier molecular flexibility index (Phi) is 5.02. The van der Waals surface area contributed by atoms with E-state index >= 15 is 0 Å². The highest BCUT2D eigenvalue weighted by atomic mass is 35.5. The molecule has 0 bridgehead atoms. The van der Waals surface area contributed by atoms with Crippen LogP contribution in [0.2, 0.25) is 5.02 Å². The van der Waals surface area contributed by atoms with Gasteiger partial charge in [0.15, 0.2) is 0 Å². The predicted octanol–water partition coefficient (Wildman–Crippen LogP) is 4.02. The monoisotopic (exact) mass is 297 g/mol. The number of aromatic nitrogens is 2. The average molecular weight is 298 g/mol. The lowest BCUT2D eigenvalue weighted by Crippen LogP contribution is -2.25. The number of thiophene rings is 1. The van der Waals surface area contributed by atoms with Crippen molar-refractivity contribution in [1.29, 1.82) is 0 Å². The molecule has 3 nitrogen and oxygen atoms in total. The molecule has 0 aliphatic carbocycles. The molecule has 1 N–H and O–H groups in total. The summed E-state index contributed by atoms with van der Waals surface area (Å²) in [5, 5.41) is 11.0. The van der Waals surface area contributed by atoms with Gasteiger partial charge in [0.2, 0.25) is 0 Å². The fourth-order valence-electron chi connectivity index (χ4n) is 2.18. The van der Waals surface area contributed by atoms with Crippen LogP contribution in [0, 0.1) is 6.92 Å². The highest BCUT2D eigenvalue weighted by Gasteiger charge is 2.21. The minimum atomic E-state index is 0.133. The van der Waals surface area contributed by atoms with E-state index in [4.69, 9.17) is 11.6 Å². The minimum Gasteiger partial charge on any atom is -0.304 e. The SMILES string of the molecule is CCCNC(c1sccc1Cl)c1cc(C)nn1CC. The van der Waals surface area contributed by atoms with E-state index < -0.39 is 0 Å². The molecule has 2 aromatic heterocycles. The number of nitrogens with zero attached hydrogens (tertiary/aromatic N) is 2. The maximum atomic E-state index is 6.31. The summed E-state index contributed by atoms with van der Waals surface area (Å²) in [5.41, 5.74) is 2.24. The van der Waals surface area contributed by atoms with Crippen LogP contribution < -0.4 is 5.32 Å². The van der Waals surface area contributed by atoms with Crippen LogP contribution >= 0.6 is 22.9 Å². The molecule has 104 valence electrons. The van der Waals surface area contributed by atoms with Crippen molar-refractivity contribution < 1.29 is 0 Å². The van der Waals surface area contributed by atoms with E-state index in [1.165, 1.54) is 10.6 Å². The van der Waals surface area contributed by atoms with Crippen molar-refractivity contribution in [2.75, 3.05) is 6.54 Å². The molecule has 0 aromatic carbocycles. The van der Waals surface area contributed by atoms with Gasteiger partial charge in [-0.2, -0.15) is 5.10 Å². The zero-order valence-electron chi connectivity index (χ0n) is 11.6. The number of nitrogens with one attached hydrogen (secondary N) is 1. The third-order valence-corrected chi connectivity index (χ3v) is 4.46. The van der Waals surface area contributed by atoms with Gasteiger partial charge in [0.25, 0.3) is 0 Å². The molecule has 2 aromatic rings. The van der Waals surface area contributed by atoms with Crippen LogP contribution in [0.3, 0.4) is 0 Å². The first-order chi connectivity index (χ1) is 9.17. The van der Waals surface area contributed by atoms with E-state index in [1.807, 2.05) is 18.4 Å². The minimum absolute atomic E-state index is 0.133. The lowest BCUT2D eigenvalue weighted by Gasteiger charge is -2.19. The molecule has 0 spiro atoms. The lowest BCUT2D eigenvalue weighted by molar-refractivity contribution is 0.533. The number of hydrogen-bond acceptors (Lipinski definition) is 3. The second-order valence-corrected chi connectivity index (χ2v) is 5.90. The lowest BCUT2D eigenvalue weighted by atomic mass is 10.1. The van der Waals surface area contributed by atoms with E-state index in [2.05, 4.69) is 35.0 Å². The van der Waals surface area contributed by atoms with Crippen molar-refractivity contribution in [3.8, 4) is 0 Å². The van der Waals surface area contributed by atoms with E-state index in [0.29, 0.717) is 0 Å². The van der Waals surface area contributed by atoms with Crippen LogP contribution in [-0.2, 0) is 6.54 Å². The Morgan fingerprint density at radius 3 is 2.84 bits per heavy atom. The fourth-order valence-corrected chi connectivity index (χ4v) is 3.43. The third-order valence-electron chi connectivity index (χ3n) is 3.03. The van der Waals surface area contributed by atoms with Gasteiger partial charge in [0.1, 0.15) is 0 Å². The molecule has 1 atom stereocenters. The van der Waals surface area contributed by atoms with Crippen LogP contribution in [0.5, 0.6) is 0 Å². The molecule has 2 rings (SSSR count). The van der Waals surface area contributed by atoms with Gasteiger partial charge in [-0.25, -0.2) is 0 Å². The molecule has 0 radical (unpaired) electrons. The first kappa shape index (κ1) is 14.6. The van der Waals surface area contributed by atoms with Gasteiger partial charge in [0, 0.05) is 11.4 Å². The largest absolute Gasteiger partial charge is 0.304 e. The van der Waals surface area contributed by atoms with Crippen molar-refractivity contribution in [2.24, 2.45) is 0 Å². The van der Waals surface area contributed by atoms with Gasteiger partial charge in [-0.3, -0.25) is 4.68 Å². The first-order valence-electron chi connectivity index (χ1n) is 6.68. The van der Waals surface area contributed by atoms with Crippen LogP contribution in [-0.4, -0.2) is 16.3 Å². The molecule has 0 fully saturated rings. The summed E-state index contributed by atoms with van der Waals surface area (Å²) in [6, 6.07) is 4.24. The van der Waals surface area contributed by atoms with Crippen LogP contribution in [0.4, 0.5) is 0 Å². The Labute approximate surface area is 123 Å². The summed E-state index contributed by atoms with van der Waals surface area (Å²) in [6.45, 7) is 8.15. The maximum absolute atomic E-state index is 6.31. The molecular formula is C14H20ClN3S. The van der Waals surface area contributed by atoms with Crippen molar-refractivity contribution in [3.63, 3.8) is 0 Å². The van der Waals surface area contributed by atoms with Crippen LogP contribution in [0.15, 0.2) is 17.5 Å². The number of hydrogen-bond donors (Lipinski definition) is 1. The standard InChI is InChI=1S/C14H20ClN3S/c1-4-7-16-13(14-11(15)6-8-19-14)12-9-10(3)17-18(12)5-2/h6,8-9,13,16H,4-5,7H2,1-3H3. The highest BCUT2D eigenvalue weighted by molar-refractivity contribution is 7.10. The number of aryl methyl sites for hydroxylation is 2. The molecule has 0 amide bonds. The molecule has 5 heteroatoms. The summed E-state index contributed by atoms with van der Waals surface area (Å²) in [4.78, 5) is 1.17. The quantitative estimate of drug-likeness (QED) is 0.873. The second kappa shape index (κ2) is 6.55. The van der Waals surface area contributed by atoms with Gasteiger partial charge in [-0.15, -0.1) is 11.3 Å². The Balaban J connectivity index is 2.39. The van der Waals surface area contributed by atoms with Gasteiger partial charge in [0.05, 0.1) is 22.5 Å². The molecular weight excluding hydrogens is 278 g/mol. The van der Waals surface area contributed by atoms with Crippen molar-refractivity contribution >= 4 is 22.9 Å². The average Bonchev–Trinajstić information content (AvgIpc) is 2.97. The van der Waals surface area contributed by atoms with Crippen molar-refractivity contribution in [3.05, 3.63) is 38.8 Å². The maximum Gasteiger partial charge on any atom is 0.0857 e. The summed E-state index contributed by atoms with van der Waals surface area (Å²) in [7, 11) is 0. The van der Waals surface area contributed by atoms with E-state index in [0.717, 1.165) is 30.2 Å². The fraction of sp³-hybridized carbons (Fsp3) is 0.500. The van der Waals surface area contributed by atoms with Gasteiger partial charge < -0.3 is 5.32 Å². The van der Waals surface area contributed by atoms with E-state index in [1.54, 1.807) is 11.3 Å². The highest BCUT2D eigenvalue weighted by Crippen LogP contribution is 2.33. The summed E-state index contributed by atoms with van der Waals surface area (Å²) in [6.07, 6.45) is 1.10. The van der Waals surface area contributed by atoms with Gasteiger partial charge in [-0.1, -0.05) is 18.5 Å². The van der Waals surface area contributed by atoms with Gasteiger partial charge in [-0.05, 0) is 44.3 Å². The summed E-state index contributed by atoms with van der Waals surface area (Å²) < 4.78 is 2.05. The Morgan fingerprint density at radius 2 is 2.26 bits per heavy atom. The number of halogens is 1. The second-order valence-electron chi connectivity index (χ2n) is 4.55. The Bertz CT molecular complexity index is 533. The molecule has 1 unspecified atom stereocenters. The van der Waals surface area contributed by atoms with Crippen molar-refractivity contribution in [2.45, 2.75) is 39.8 Å². The normalized spacial score (nSPS) is 12.8. The van der Waals surface area contributed by atoms with E-state index in [9.17, 15) is 0 Å². The first-order valence-corrected chi connectivity index (χ1v) is 7.93. The molecule has 0 saturated carbocycles. The zero-order valence-corrected chi connectivity index (χ0v) is 13.2. The Hall–Kier alpha value is -0.840. The molecule has 0 saturated heterocycles. The van der Waals surface area contributed by atoms with Crippen LogP contribution in [0.25, 0.3) is 0 Å². The van der Waals surface area contributed by atoms with Crippen molar-refractivity contribution in [1.82, 2.24) is 15.1 Å². The van der Waals surface area contributed by atoms with Gasteiger partial charge >= 0.3 is 0 Å². The molecule has 0 aliphatic heterocycles. The molecule has 2 heterocycles. The number of rotatable bonds is 6. The molecule has 19 heavy (non-hydrogen) atoms. The summed E-state index contributed by atoms with van der Waals surface area (Å²) in [5.74, 6) is 0. The summed E-state index contributed by atoms with van der Waals surface area (Å²) >= 11 is 8.00.